The van der Waals surface area contributed by atoms with Crippen molar-refractivity contribution in [1.82, 2.24) is 0 Å². The molecule has 0 radical (unpaired) electrons. The summed E-state index contributed by atoms with van der Waals surface area (Å²) < 4.78 is 0. The Balaban J connectivity index is 0. The Kier molecular flexibility index (Phi) is 9180. The Hall–Kier alpha value is 11.0. The molecule has 0 aromatic carbocycles. The molecule has 0 N–H and O–H groups in total. The molecule has 0 nitrogen and oxygen atoms in total. The van der Waals surface area contributed by atoms with Gasteiger partial charge in [-0.15, -0.1) is 0 Å². The van der Waals surface area contributed by atoms with Gasteiger partial charge in [0.25, 0.3) is 0 Å². The molecule has 0 amide bonds. The van der Waals surface area contributed by atoms with Crippen molar-refractivity contribution in [3.8, 4) is 0 Å². The molecule has 0 fully saturated rings. The van der Waals surface area contributed by atoms with Gasteiger partial charge in [0.1, 0.15) is 0 Å². The summed E-state index contributed by atoms with van der Waals surface area (Å²) in [5.41, 5.74) is 0. The van der Waals surface area contributed by atoms with Crippen LogP contribution in [0.3, 0.4) is 0 Å². The van der Waals surface area contributed by atoms with E-state index in [0.29, 0.717) is 0 Å². The number of hydrogen-bond donors (Lipinski definition) is 0. The van der Waals surface area contributed by atoms with E-state index in [1.54, 1.807) is 0 Å². The maximum Gasteiger partial charge on any atom is 5.00 e. The second-order valence-electron chi connectivity index (χ2n) is 0. The summed E-state index contributed by atoms with van der Waals surface area (Å²) in [5, 5.41) is 0. The van der Waals surface area contributed by atoms with E-state index in [-0.39, 0.29) is 422 Å². The van der Waals surface area contributed by atoms with E-state index < -0.39 is 0 Å². The van der Waals surface area contributed by atoms with Crippen molar-refractivity contribution < 1.29 is 422 Å². The average Bonchev–Trinajstić information content (AvgIpc) is 0. The third kappa shape index (κ3) is 468. The van der Waals surface area contributed by atoms with Crippen molar-refractivity contribution in [1.29, 1.82) is 0 Å². The summed E-state index contributed by atoms with van der Waals surface area (Å²) in [6, 6.07) is 0. The fraction of sp³-hybridized carbons (Fsp3) is 0. The first-order chi connectivity index (χ1) is 0. The van der Waals surface area contributed by atoms with E-state index >= 15 is 0 Å². The zero-order valence-electron chi connectivity index (χ0n) is 11.7. The van der Waals surface area contributed by atoms with E-state index in [4.69, 9.17) is 0 Å². The van der Waals surface area contributed by atoms with E-state index in [1.165, 1.54) is 0 Å². The zero-order chi connectivity index (χ0) is 0. The van der Waals surface area contributed by atoms with Crippen molar-refractivity contribution >= 4 is 0 Å². The normalized spacial score (nSPS) is 0. The molecule has 200 valence electrons. The van der Waals surface area contributed by atoms with Crippen molar-refractivity contribution in [2.75, 3.05) is 0 Å². The standard InChI is InChI=1S/25ClH.5Ta/h25*1H;;;;;/q;;;;;;;;;;;;;;;;;;;;;;;;;5*+5/p-25. The van der Waals surface area contributed by atoms with Crippen molar-refractivity contribution in [2.45, 2.75) is 0 Å². The van der Waals surface area contributed by atoms with Gasteiger partial charge in [0.2, 0.25) is 0 Å². The Labute approximate surface area is 413 Å². The van der Waals surface area contributed by atoms with Crippen molar-refractivity contribution in [2.24, 2.45) is 0 Å². The van der Waals surface area contributed by atoms with Gasteiger partial charge in [0.15, 0.2) is 0 Å². The maximum atomic E-state index is 0. The fourth-order valence-corrected chi connectivity index (χ4v) is 0. The molecule has 0 aliphatic carbocycles. The monoisotopic (exact) mass is 1780 g/mol. The van der Waals surface area contributed by atoms with E-state index in [0.717, 1.165) is 0 Å². The molecule has 30 heteroatoms. The molecule has 0 spiro atoms. The first-order valence-electron chi connectivity index (χ1n) is 0. The third-order valence-electron chi connectivity index (χ3n) is 0. The Bertz CT molecular complexity index is 19.5. The predicted molar refractivity (Wildman–Crippen MR) is 0 cm³/mol. The van der Waals surface area contributed by atoms with Crippen molar-refractivity contribution in [3.05, 3.63) is 0 Å². The van der Waals surface area contributed by atoms with Crippen LogP contribution in [0.1, 0.15) is 0 Å². The molecule has 0 saturated carbocycles. The minimum Gasteiger partial charge on any atom is -1.00 e. The van der Waals surface area contributed by atoms with Crippen LogP contribution in [0.15, 0.2) is 0 Å². The van der Waals surface area contributed by atoms with Gasteiger partial charge in [-0.05, 0) is 0 Å². The minimum atomic E-state index is 0. The number of halogens is 25. The average molecular weight is 1790 g/mol. The smallest absolute Gasteiger partial charge is 1.00 e. The van der Waals surface area contributed by atoms with Gasteiger partial charge < -0.3 is 310 Å². The zero-order valence-corrected chi connectivity index (χ0v) is 46.7. The summed E-state index contributed by atoms with van der Waals surface area (Å²) in [6.45, 7) is 0. The largest absolute Gasteiger partial charge is 5.00 e. The molecule has 0 atom stereocenters. The SMILES string of the molecule is [Cl-].[Cl-].[Cl-].[Cl-].[Cl-].[Cl-].[Cl-].[Cl-].[Cl-].[Cl-].[Cl-].[Cl-].[Cl-].[Cl-].[Cl-].[Cl-].[Cl-].[Cl-].[Cl-].[Cl-].[Cl-].[Cl-].[Cl-].[Cl-].[Cl-].[Ta+5].[Ta+5].[Ta+5].[Ta+5].[Ta+5]. The van der Waals surface area contributed by atoms with E-state index in [9.17, 15) is 0 Å². The van der Waals surface area contributed by atoms with Crippen LogP contribution in [0.2, 0.25) is 0 Å². The van der Waals surface area contributed by atoms with Gasteiger partial charge in [-0.3, -0.25) is 0 Å². The van der Waals surface area contributed by atoms with Crippen LogP contribution in [-0.4, -0.2) is 0 Å². The molecule has 0 rings (SSSR count). The third-order valence-corrected chi connectivity index (χ3v) is 0. The van der Waals surface area contributed by atoms with Crippen LogP contribution >= 0.6 is 0 Å². The summed E-state index contributed by atoms with van der Waals surface area (Å²) in [4.78, 5) is 0. The molecule has 0 aliphatic heterocycles. The Morgan fingerprint density at radius 2 is 0.0667 bits per heavy atom. The second kappa shape index (κ2) is 505. The van der Waals surface area contributed by atoms with Crippen LogP contribution in [-0.2, 0) is 112 Å². The molecule has 0 aromatic heterocycles. The molecule has 0 aromatic rings. The second-order valence-corrected chi connectivity index (χ2v) is 0. The van der Waals surface area contributed by atoms with Gasteiger partial charge in [-0.2, -0.15) is 0 Å². The summed E-state index contributed by atoms with van der Waals surface area (Å²) in [7, 11) is 0. The van der Waals surface area contributed by atoms with Gasteiger partial charge in [-0.25, -0.2) is 0 Å². The van der Waals surface area contributed by atoms with Crippen LogP contribution in [0.25, 0.3) is 0 Å². The maximum absolute atomic E-state index is 0. The number of rotatable bonds is 0. The molecule has 0 aliphatic rings. The Morgan fingerprint density at radius 3 is 0.0667 bits per heavy atom. The molecule has 0 unspecified atom stereocenters. The van der Waals surface area contributed by atoms with E-state index in [1.807, 2.05) is 0 Å². The number of hydrogen-bond acceptors (Lipinski definition) is 0. The molecule has 30 heavy (non-hydrogen) atoms. The van der Waals surface area contributed by atoms with Crippen LogP contribution in [0.5, 0.6) is 0 Å². The molecule has 0 heterocycles. The summed E-state index contributed by atoms with van der Waals surface area (Å²) in [6.07, 6.45) is 0. The topological polar surface area (TPSA) is 0 Å². The minimum absolute atomic E-state index is 0. The van der Waals surface area contributed by atoms with E-state index in [2.05, 4.69) is 0 Å². The van der Waals surface area contributed by atoms with Crippen molar-refractivity contribution in [3.63, 3.8) is 0 Å². The summed E-state index contributed by atoms with van der Waals surface area (Å²) in [5.74, 6) is 0. The first kappa shape index (κ1) is 545. The van der Waals surface area contributed by atoms with Crippen LogP contribution < -0.4 is 310 Å². The van der Waals surface area contributed by atoms with Gasteiger partial charge in [-0.1, -0.05) is 0 Å². The molecule has 0 saturated heterocycles. The molecule has 0 bridgehead atoms. The molecular formula is Cl25Ta5. The van der Waals surface area contributed by atoms with Gasteiger partial charge in [0.05, 0.1) is 0 Å². The predicted octanol–water partition coefficient (Wildman–Crippen LogP) is -74.9. The first-order valence-corrected chi connectivity index (χ1v) is 0. The summed E-state index contributed by atoms with van der Waals surface area (Å²) >= 11 is 0. The fourth-order valence-electron chi connectivity index (χ4n) is 0. The van der Waals surface area contributed by atoms with Gasteiger partial charge in [0, 0.05) is 0 Å². The van der Waals surface area contributed by atoms with Gasteiger partial charge >= 0.3 is 112 Å². The van der Waals surface area contributed by atoms with Crippen LogP contribution in [0.4, 0.5) is 0 Å². The Morgan fingerprint density at radius 1 is 0.0667 bits per heavy atom. The quantitative estimate of drug-likeness (QED) is 0.227. The van der Waals surface area contributed by atoms with Crippen LogP contribution in [0, 0.1) is 0 Å². The molecular weight excluding hydrogens is 1790 g/mol.